The van der Waals surface area contributed by atoms with Crippen molar-refractivity contribution in [2.45, 2.75) is 32.7 Å². The van der Waals surface area contributed by atoms with E-state index in [-0.39, 0.29) is 0 Å². The summed E-state index contributed by atoms with van der Waals surface area (Å²) < 4.78 is 0. The number of rotatable bonds is 1. The molecule has 0 aliphatic carbocycles. The fourth-order valence-electron chi connectivity index (χ4n) is 1.29. The standard InChI is InChI=1S/C8H16N/c1-8(2)9-6-4-3-5-7-9/h3,8H,4-7H2,1-2H3. The summed E-state index contributed by atoms with van der Waals surface area (Å²) in [6, 6.07) is 0.749. The molecule has 1 heteroatoms. The molecule has 0 aromatic heterocycles. The SMILES string of the molecule is CC(C)N1CC[CH]CC1. The van der Waals surface area contributed by atoms with Crippen LogP contribution in [-0.2, 0) is 0 Å². The second-order valence-corrected chi connectivity index (χ2v) is 3.00. The molecule has 0 aromatic rings. The van der Waals surface area contributed by atoms with Crippen molar-refractivity contribution in [1.82, 2.24) is 4.90 Å². The Bertz CT molecular complexity index is 72.6. The van der Waals surface area contributed by atoms with Gasteiger partial charge in [-0.2, -0.15) is 0 Å². The summed E-state index contributed by atoms with van der Waals surface area (Å²) in [6.45, 7) is 7.09. The fourth-order valence-corrected chi connectivity index (χ4v) is 1.29. The minimum absolute atomic E-state index is 0.749. The van der Waals surface area contributed by atoms with Crippen LogP contribution in [0.2, 0.25) is 0 Å². The summed E-state index contributed by atoms with van der Waals surface area (Å²) in [6.07, 6.45) is 4.97. The maximum atomic E-state index is 2.53. The maximum Gasteiger partial charge on any atom is 0.00385 e. The van der Waals surface area contributed by atoms with Crippen molar-refractivity contribution in [1.29, 1.82) is 0 Å². The highest BCUT2D eigenvalue weighted by atomic mass is 15.1. The van der Waals surface area contributed by atoms with Crippen molar-refractivity contribution in [3.05, 3.63) is 6.42 Å². The molecule has 1 saturated heterocycles. The summed E-state index contributed by atoms with van der Waals surface area (Å²) in [5.74, 6) is 0. The quantitative estimate of drug-likeness (QED) is 0.517. The van der Waals surface area contributed by atoms with Crippen molar-refractivity contribution in [3.63, 3.8) is 0 Å². The molecule has 1 radical (unpaired) electrons. The molecule has 0 saturated carbocycles. The Labute approximate surface area is 58.0 Å². The van der Waals surface area contributed by atoms with E-state index in [1.54, 1.807) is 0 Å². The Balaban J connectivity index is 2.23. The van der Waals surface area contributed by atoms with Crippen molar-refractivity contribution < 1.29 is 0 Å². The number of piperidine rings is 1. The number of hydrogen-bond donors (Lipinski definition) is 0. The first kappa shape index (κ1) is 7.07. The topological polar surface area (TPSA) is 3.24 Å². The van der Waals surface area contributed by atoms with Gasteiger partial charge in [0.05, 0.1) is 0 Å². The first-order valence-electron chi connectivity index (χ1n) is 3.86. The zero-order chi connectivity index (χ0) is 6.69. The highest BCUT2D eigenvalue weighted by molar-refractivity contribution is 4.77. The molecule has 0 atom stereocenters. The van der Waals surface area contributed by atoms with Gasteiger partial charge in [-0.15, -0.1) is 0 Å². The van der Waals surface area contributed by atoms with Crippen LogP contribution in [0.1, 0.15) is 26.7 Å². The van der Waals surface area contributed by atoms with Crippen LogP contribution in [0.25, 0.3) is 0 Å². The molecule has 1 rings (SSSR count). The van der Waals surface area contributed by atoms with E-state index in [1.807, 2.05) is 0 Å². The van der Waals surface area contributed by atoms with Crippen LogP contribution in [0.3, 0.4) is 0 Å². The van der Waals surface area contributed by atoms with Crippen LogP contribution in [0.4, 0.5) is 0 Å². The third kappa shape index (κ3) is 1.98. The highest BCUT2D eigenvalue weighted by Crippen LogP contribution is 2.09. The largest absolute Gasteiger partial charge is 0.301 e. The van der Waals surface area contributed by atoms with Gasteiger partial charge in [-0.05, 0) is 46.2 Å². The summed E-state index contributed by atoms with van der Waals surface area (Å²) in [7, 11) is 0. The van der Waals surface area contributed by atoms with Gasteiger partial charge in [0.15, 0.2) is 0 Å². The lowest BCUT2D eigenvalue weighted by Crippen LogP contribution is -2.35. The van der Waals surface area contributed by atoms with E-state index in [4.69, 9.17) is 0 Å². The normalized spacial score (nSPS) is 23.0. The Morgan fingerprint density at radius 2 is 1.78 bits per heavy atom. The van der Waals surface area contributed by atoms with Crippen LogP contribution >= 0.6 is 0 Å². The van der Waals surface area contributed by atoms with Gasteiger partial charge in [0.25, 0.3) is 0 Å². The molecule has 1 nitrogen and oxygen atoms in total. The minimum atomic E-state index is 0.749. The van der Waals surface area contributed by atoms with Gasteiger partial charge >= 0.3 is 0 Å². The second-order valence-electron chi connectivity index (χ2n) is 3.00. The van der Waals surface area contributed by atoms with Gasteiger partial charge < -0.3 is 4.90 Å². The lowest BCUT2D eigenvalue weighted by molar-refractivity contribution is 0.205. The van der Waals surface area contributed by atoms with Crippen LogP contribution in [0.15, 0.2) is 0 Å². The molecule has 1 fully saturated rings. The van der Waals surface area contributed by atoms with Crippen LogP contribution in [-0.4, -0.2) is 24.0 Å². The summed E-state index contributed by atoms with van der Waals surface area (Å²) in [5.41, 5.74) is 0. The van der Waals surface area contributed by atoms with Crippen molar-refractivity contribution in [2.24, 2.45) is 0 Å². The minimum Gasteiger partial charge on any atom is -0.301 e. The van der Waals surface area contributed by atoms with Gasteiger partial charge in [0, 0.05) is 6.04 Å². The van der Waals surface area contributed by atoms with Gasteiger partial charge in [0.2, 0.25) is 0 Å². The average Bonchev–Trinajstić information content (AvgIpc) is 1.90. The Hall–Kier alpha value is -0.0400. The Morgan fingerprint density at radius 1 is 1.22 bits per heavy atom. The Kier molecular flexibility index (Phi) is 2.52. The monoisotopic (exact) mass is 126 g/mol. The molecule has 1 aliphatic rings. The van der Waals surface area contributed by atoms with E-state index < -0.39 is 0 Å². The number of hydrogen-bond acceptors (Lipinski definition) is 1. The molecule has 1 heterocycles. The van der Waals surface area contributed by atoms with Crippen molar-refractivity contribution in [3.8, 4) is 0 Å². The van der Waals surface area contributed by atoms with Crippen molar-refractivity contribution in [2.75, 3.05) is 13.1 Å². The van der Waals surface area contributed by atoms with E-state index in [9.17, 15) is 0 Å². The first-order valence-corrected chi connectivity index (χ1v) is 3.86. The molecule has 1 aliphatic heterocycles. The number of nitrogens with zero attached hydrogens (tertiary/aromatic N) is 1. The highest BCUT2D eigenvalue weighted by Gasteiger charge is 2.11. The van der Waals surface area contributed by atoms with Crippen molar-refractivity contribution >= 4 is 0 Å². The predicted molar refractivity (Wildman–Crippen MR) is 40.2 cm³/mol. The van der Waals surface area contributed by atoms with Crippen LogP contribution < -0.4 is 0 Å². The molecule has 0 spiro atoms. The molecule has 0 aromatic carbocycles. The van der Waals surface area contributed by atoms with Crippen LogP contribution in [0.5, 0.6) is 0 Å². The summed E-state index contributed by atoms with van der Waals surface area (Å²) in [4.78, 5) is 2.53. The number of likely N-dealkylation sites (tertiary alicyclic amines) is 1. The zero-order valence-electron chi connectivity index (χ0n) is 6.43. The van der Waals surface area contributed by atoms with Gasteiger partial charge in [0.1, 0.15) is 0 Å². The third-order valence-electron chi connectivity index (χ3n) is 1.97. The predicted octanol–water partition coefficient (Wildman–Crippen LogP) is 1.69. The maximum absolute atomic E-state index is 2.53. The molecule has 9 heavy (non-hydrogen) atoms. The molecule has 0 N–H and O–H groups in total. The molecule has 0 amide bonds. The first-order chi connectivity index (χ1) is 4.30. The molecular formula is C8H16N. The molecule has 0 unspecified atom stereocenters. The fraction of sp³-hybridized carbons (Fsp3) is 0.875. The van der Waals surface area contributed by atoms with Crippen LogP contribution in [0, 0.1) is 6.42 Å². The zero-order valence-corrected chi connectivity index (χ0v) is 6.43. The van der Waals surface area contributed by atoms with Gasteiger partial charge in [-0.3, -0.25) is 0 Å². The average molecular weight is 126 g/mol. The van der Waals surface area contributed by atoms with Gasteiger partial charge in [-0.1, -0.05) is 0 Å². The molecular weight excluding hydrogens is 110 g/mol. The third-order valence-corrected chi connectivity index (χ3v) is 1.97. The van der Waals surface area contributed by atoms with E-state index in [0.29, 0.717) is 0 Å². The van der Waals surface area contributed by atoms with E-state index in [0.717, 1.165) is 6.04 Å². The Morgan fingerprint density at radius 3 is 2.11 bits per heavy atom. The van der Waals surface area contributed by atoms with E-state index in [2.05, 4.69) is 25.2 Å². The van der Waals surface area contributed by atoms with E-state index >= 15 is 0 Å². The van der Waals surface area contributed by atoms with Gasteiger partial charge in [-0.25, -0.2) is 0 Å². The smallest absolute Gasteiger partial charge is 0.00385 e. The summed E-state index contributed by atoms with van der Waals surface area (Å²) in [5, 5.41) is 0. The lowest BCUT2D eigenvalue weighted by Gasteiger charge is -2.29. The molecule has 53 valence electrons. The lowest BCUT2D eigenvalue weighted by atomic mass is 10.1. The van der Waals surface area contributed by atoms with E-state index in [1.165, 1.54) is 25.9 Å². The second kappa shape index (κ2) is 3.21. The summed E-state index contributed by atoms with van der Waals surface area (Å²) >= 11 is 0. The molecule has 0 bridgehead atoms.